The number of nitrogens with zero attached hydrogens (tertiary/aromatic N) is 3. The summed E-state index contributed by atoms with van der Waals surface area (Å²) in [6.07, 6.45) is 2.06. The third kappa shape index (κ3) is 3.62. The second-order valence-electron chi connectivity index (χ2n) is 5.49. The van der Waals surface area contributed by atoms with Gasteiger partial charge in [0.25, 0.3) is 0 Å². The van der Waals surface area contributed by atoms with Crippen molar-refractivity contribution in [2.45, 2.75) is 6.42 Å². The van der Waals surface area contributed by atoms with Crippen LogP contribution in [0.1, 0.15) is 10.6 Å². The lowest BCUT2D eigenvalue weighted by Crippen LogP contribution is -1.95. The first-order valence-corrected chi connectivity index (χ1v) is 9.61. The zero-order chi connectivity index (χ0) is 18.1. The molecule has 0 amide bonds. The van der Waals surface area contributed by atoms with E-state index in [1.54, 1.807) is 0 Å². The van der Waals surface area contributed by atoms with Crippen molar-refractivity contribution in [2.75, 3.05) is 5.32 Å². The van der Waals surface area contributed by atoms with E-state index >= 15 is 0 Å². The molecule has 0 bridgehead atoms. The Balaban J connectivity index is 1.68. The third-order valence-electron chi connectivity index (χ3n) is 3.74. The molecule has 0 saturated carbocycles. The smallest absolute Gasteiger partial charge is 0.161 e. The molecule has 2 aromatic heterocycles. The van der Waals surface area contributed by atoms with Crippen molar-refractivity contribution in [1.82, 2.24) is 15.0 Å². The molecule has 130 valence electrons. The number of fused-ring (bicyclic) bond motifs is 1. The van der Waals surface area contributed by atoms with Crippen molar-refractivity contribution >= 4 is 68.0 Å². The first-order chi connectivity index (χ1) is 12.6. The van der Waals surface area contributed by atoms with Gasteiger partial charge >= 0.3 is 0 Å². The molecule has 0 spiro atoms. The van der Waals surface area contributed by atoms with E-state index in [2.05, 4.69) is 15.3 Å². The molecular weight excluding hydrogens is 411 g/mol. The van der Waals surface area contributed by atoms with E-state index in [0.29, 0.717) is 32.8 Å². The Morgan fingerprint density at radius 3 is 2.38 bits per heavy atom. The number of aromatic nitrogens is 3. The molecule has 1 N–H and O–H groups in total. The molecule has 0 fully saturated rings. The standard InChI is InChI=1S/C18H11Cl3N4S/c19-10-4-6-11(7-5-10)24-17-16-18(23-9-22-17)26-15(25-16)8-12-13(20)2-1-3-14(12)21/h1-7,9H,8H2,(H,22,23,24). The Kier molecular flexibility index (Phi) is 4.96. The van der Waals surface area contributed by atoms with Crippen LogP contribution in [-0.4, -0.2) is 15.0 Å². The Hall–Kier alpha value is -1.92. The summed E-state index contributed by atoms with van der Waals surface area (Å²) in [6.45, 7) is 0. The van der Waals surface area contributed by atoms with Gasteiger partial charge < -0.3 is 5.32 Å². The van der Waals surface area contributed by atoms with Crippen molar-refractivity contribution < 1.29 is 0 Å². The van der Waals surface area contributed by atoms with Crippen LogP contribution in [0.4, 0.5) is 11.5 Å². The fraction of sp³-hybridized carbons (Fsp3) is 0.0556. The van der Waals surface area contributed by atoms with E-state index in [9.17, 15) is 0 Å². The van der Waals surface area contributed by atoms with E-state index in [-0.39, 0.29) is 0 Å². The summed E-state index contributed by atoms with van der Waals surface area (Å²) in [6, 6.07) is 12.9. The van der Waals surface area contributed by atoms with Gasteiger partial charge in [-0.3, -0.25) is 0 Å². The van der Waals surface area contributed by atoms with Crippen LogP contribution in [0.3, 0.4) is 0 Å². The highest BCUT2D eigenvalue weighted by Crippen LogP contribution is 2.32. The van der Waals surface area contributed by atoms with E-state index in [1.807, 2.05) is 42.5 Å². The number of anilines is 2. The molecule has 2 aromatic carbocycles. The highest BCUT2D eigenvalue weighted by Gasteiger charge is 2.14. The summed E-state index contributed by atoms with van der Waals surface area (Å²) in [5.41, 5.74) is 2.44. The van der Waals surface area contributed by atoms with Crippen LogP contribution in [-0.2, 0) is 6.42 Å². The molecule has 4 nitrogen and oxygen atoms in total. The minimum atomic E-state index is 0.542. The summed E-state index contributed by atoms with van der Waals surface area (Å²) in [4.78, 5) is 14.1. The van der Waals surface area contributed by atoms with Gasteiger partial charge in [0.2, 0.25) is 0 Å². The molecule has 0 radical (unpaired) electrons. The van der Waals surface area contributed by atoms with E-state index in [0.717, 1.165) is 21.1 Å². The normalized spacial score (nSPS) is 11.0. The fourth-order valence-electron chi connectivity index (χ4n) is 2.49. The van der Waals surface area contributed by atoms with Crippen LogP contribution in [0.2, 0.25) is 15.1 Å². The fourth-order valence-corrected chi connectivity index (χ4v) is 4.06. The Morgan fingerprint density at radius 2 is 1.65 bits per heavy atom. The van der Waals surface area contributed by atoms with E-state index < -0.39 is 0 Å². The second kappa shape index (κ2) is 7.37. The zero-order valence-electron chi connectivity index (χ0n) is 13.2. The first-order valence-electron chi connectivity index (χ1n) is 7.66. The van der Waals surface area contributed by atoms with Gasteiger partial charge in [-0.1, -0.05) is 52.2 Å². The maximum atomic E-state index is 6.27. The Morgan fingerprint density at radius 1 is 0.923 bits per heavy atom. The van der Waals surface area contributed by atoms with Crippen LogP contribution in [0.5, 0.6) is 0 Å². The molecule has 4 rings (SSSR count). The van der Waals surface area contributed by atoms with E-state index in [4.69, 9.17) is 39.8 Å². The van der Waals surface area contributed by atoms with Crippen LogP contribution in [0.25, 0.3) is 10.3 Å². The number of hydrogen-bond donors (Lipinski definition) is 1. The van der Waals surface area contributed by atoms with Crippen molar-refractivity contribution in [3.05, 3.63) is 74.4 Å². The third-order valence-corrected chi connectivity index (χ3v) is 5.66. The highest BCUT2D eigenvalue weighted by atomic mass is 35.5. The van der Waals surface area contributed by atoms with Gasteiger partial charge in [-0.15, -0.1) is 0 Å². The van der Waals surface area contributed by atoms with Gasteiger partial charge in [-0.25, -0.2) is 15.0 Å². The van der Waals surface area contributed by atoms with Crippen LogP contribution >= 0.6 is 46.1 Å². The summed E-state index contributed by atoms with van der Waals surface area (Å²) >= 11 is 20.0. The summed E-state index contributed by atoms with van der Waals surface area (Å²) in [5, 5.41) is 6.06. The first kappa shape index (κ1) is 17.5. The van der Waals surface area contributed by atoms with Gasteiger partial charge in [-0.05, 0) is 42.0 Å². The monoisotopic (exact) mass is 420 g/mol. The number of hydrogen-bond acceptors (Lipinski definition) is 5. The van der Waals surface area contributed by atoms with Gasteiger partial charge in [0.15, 0.2) is 5.82 Å². The number of rotatable bonds is 4. The lowest BCUT2D eigenvalue weighted by atomic mass is 10.1. The molecule has 0 aliphatic heterocycles. The Labute approximate surface area is 168 Å². The lowest BCUT2D eigenvalue weighted by Gasteiger charge is -2.05. The van der Waals surface area contributed by atoms with Crippen LogP contribution in [0, 0.1) is 0 Å². The molecule has 26 heavy (non-hydrogen) atoms. The minimum Gasteiger partial charge on any atom is -0.338 e. The average Bonchev–Trinajstić information content (AvgIpc) is 3.04. The number of nitrogens with one attached hydrogen (secondary N) is 1. The molecule has 2 heterocycles. The SMILES string of the molecule is Clc1ccc(Nc2ncnc3sc(Cc4c(Cl)cccc4Cl)nc23)cc1. The average molecular weight is 422 g/mol. The van der Waals surface area contributed by atoms with Crippen molar-refractivity contribution in [3.8, 4) is 0 Å². The maximum absolute atomic E-state index is 6.27. The van der Waals surface area contributed by atoms with Gasteiger partial charge in [-0.2, -0.15) is 0 Å². The van der Waals surface area contributed by atoms with Crippen molar-refractivity contribution in [3.63, 3.8) is 0 Å². The van der Waals surface area contributed by atoms with Crippen LogP contribution in [0.15, 0.2) is 48.8 Å². The predicted molar refractivity (Wildman–Crippen MR) is 109 cm³/mol. The molecular formula is C18H11Cl3N4S. The summed E-state index contributed by atoms with van der Waals surface area (Å²) in [7, 11) is 0. The molecule has 0 aliphatic carbocycles. The van der Waals surface area contributed by atoms with Gasteiger partial charge in [0.05, 0.1) is 0 Å². The molecule has 0 saturated heterocycles. The van der Waals surface area contributed by atoms with Crippen LogP contribution < -0.4 is 5.32 Å². The quantitative estimate of drug-likeness (QED) is 0.415. The molecule has 0 unspecified atom stereocenters. The lowest BCUT2D eigenvalue weighted by molar-refractivity contribution is 1.14. The van der Waals surface area contributed by atoms with Crippen molar-refractivity contribution in [2.24, 2.45) is 0 Å². The van der Waals surface area contributed by atoms with Gasteiger partial charge in [0.1, 0.15) is 21.7 Å². The zero-order valence-corrected chi connectivity index (χ0v) is 16.3. The summed E-state index contributed by atoms with van der Waals surface area (Å²) < 4.78 is 0. The summed E-state index contributed by atoms with van der Waals surface area (Å²) in [5.74, 6) is 0.644. The van der Waals surface area contributed by atoms with Crippen molar-refractivity contribution in [1.29, 1.82) is 0 Å². The maximum Gasteiger partial charge on any atom is 0.161 e. The topological polar surface area (TPSA) is 50.7 Å². The molecule has 8 heteroatoms. The second-order valence-corrected chi connectivity index (χ2v) is 7.81. The molecule has 4 aromatic rings. The van der Waals surface area contributed by atoms with Gasteiger partial charge in [0, 0.05) is 27.2 Å². The highest BCUT2D eigenvalue weighted by molar-refractivity contribution is 7.18. The van der Waals surface area contributed by atoms with E-state index in [1.165, 1.54) is 17.7 Å². The predicted octanol–water partition coefficient (Wildman–Crippen LogP) is 6.38. The Bertz CT molecular complexity index is 1060. The largest absolute Gasteiger partial charge is 0.338 e. The molecule has 0 atom stereocenters. The molecule has 0 aliphatic rings. The number of thiazole rings is 1. The number of halogens is 3. The number of benzene rings is 2. The minimum absolute atomic E-state index is 0.542.